The average Bonchev–Trinajstić information content (AvgIpc) is 2.85. The first-order chi connectivity index (χ1) is 9.74. The van der Waals surface area contributed by atoms with Gasteiger partial charge in [0.05, 0.1) is 29.0 Å². The highest BCUT2D eigenvalue weighted by atomic mass is 16.6. The van der Waals surface area contributed by atoms with E-state index in [1.807, 2.05) is 16.8 Å². The maximum atomic E-state index is 10.9. The van der Waals surface area contributed by atoms with E-state index >= 15 is 0 Å². The minimum absolute atomic E-state index is 0.151. The van der Waals surface area contributed by atoms with Gasteiger partial charge in [-0.3, -0.25) is 10.1 Å². The molecule has 20 heavy (non-hydrogen) atoms. The summed E-state index contributed by atoms with van der Waals surface area (Å²) < 4.78 is 12.3. The fourth-order valence-electron chi connectivity index (χ4n) is 2.14. The van der Waals surface area contributed by atoms with Gasteiger partial charge in [-0.15, -0.1) is 0 Å². The lowest BCUT2D eigenvalue weighted by molar-refractivity contribution is -0.383. The third-order valence-electron chi connectivity index (χ3n) is 3.11. The highest BCUT2D eigenvalue weighted by Gasteiger charge is 2.13. The number of ether oxygens (including phenoxy) is 2. The Morgan fingerprint density at radius 2 is 2.10 bits per heavy atom. The predicted octanol–water partition coefficient (Wildman–Crippen LogP) is 2.60. The van der Waals surface area contributed by atoms with Crippen LogP contribution in [0, 0.1) is 10.1 Å². The molecule has 0 unspecified atom stereocenters. The SMILES string of the molecule is COCCOCCCn1ccc2c([N+](=O)[O-])cccc21. The third-order valence-corrected chi connectivity index (χ3v) is 3.11. The number of hydrogen-bond donors (Lipinski definition) is 0. The first-order valence-electron chi connectivity index (χ1n) is 6.53. The molecule has 0 N–H and O–H groups in total. The van der Waals surface area contributed by atoms with Crippen LogP contribution in [0.5, 0.6) is 0 Å². The van der Waals surface area contributed by atoms with Crippen molar-refractivity contribution in [2.24, 2.45) is 0 Å². The summed E-state index contributed by atoms with van der Waals surface area (Å²) in [5.74, 6) is 0. The van der Waals surface area contributed by atoms with E-state index in [0.717, 1.165) is 18.5 Å². The van der Waals surface area contributed by atoms with Crippen molar-refractivity contribution in [1.29, 1.82) is 0 Å². The number of fused-ring (bicyclic) bond motifs is 1. The molecule has 108 valence electrons. The highest BCUT2D eigenvalue weighted by Crippen LogP contribution is 2.26. The molecule has 0 spiro atoms. The molecule has 0 amide bonds. The molecule has 1 heterocycles. The number of nitro benzene ring substituents is 1. The van der Waals surface area contributed by atoms with E-state index in [0.29, 0.717) is 25.2 Å². The van der Waals surface area contributed by atoms with Gasteiger partial charge in [-0.25, -0.2) is 0 Å². The number of hydrogen-bond acceptors (Lipinski definition) is 4. The van der Waals surface area contributed by atoms with E-state index in [9.17, 15) is 10.1 Å². The van der Waals surface area contributed by atoms with E-state index < -0.39 is 0 Å². The highest BCUT2D eigenvalue weighted by molar-refractivity contribution is 5.89. The second-order valence-corrected chi connectivity index (χ2v) is 4.43. The second-order valence-electron chi connectivity index (χ2n) is 4.43. The summed E-state index contributed by atoms with van der Waals surface area (Å²) in [4.78, 5) is 10.6. The molecule has 6 heteroatoms. The molecule has 0 aliphatic carbocycles. The number of aryl methyl sites for hydroxylation is 1. The molecule has 0 fully saturated rings. The van der Waals surface area contributed by atoms with Gasteiger partial charge in [0.1, 0.15) is 0 Å². The van der Waals surface area contributed by atoms with Crippen LogP contribution < -0.4 is 0 Å². The molecule has 6 nitrogen and oxygen atoms in total. The monoisotopic (exact) mass is 278 g/mol. The molecule has 2 aromatic rings. The zero-order valence-corrected chi connectivity index (χ0v) is 11.4. The molecule has 0 bridgehead atoms. The molecule has 0 saturated heterocycles. The summed E-state index contributed by atoms with van der Waals surface area (Å²) in [6, 6.07) is 6.93. The van der Waals surface area contributed by atoms with Crippen molar-refractivity contribution in [2.45, 2.75) is 13.0 Å². The number of nitro groups is 1. The first-order valence-corrected chi connectivity index (χ1v) is 6.53. The van der Waals surface area contributed by atoms with Crippen LogP contribution in [0.1, 0.15) is 6.42 Å². The van der Waals surface area contributed by atoms with Crippen LogP contribution in [-0.4, -0.2) is 36.4 Å². The molecule has 0 atom stereocenters. The van der Waals surface area contributed by atoms with Crippen LogP contribution in [0.3, 0.4) is 0 Å². The van der Waals surface area contributed by atoms with E-state index in [4.69, 9.17) is 9.47 Å². The Labute approximate surface area is 117 Å². The molecular formula is C14H18N2O4. The zero-order chi connectivity index (χ0) is 14.4. The van der Waals surface area contributed by atoms with Gasteiger partial charge in [0, 0.05) is 32.5 Å². The van der Waals surface area contributed by atoms with E-state index in [2.05, 4.69) is 0 Å². The summed E-state index contributed by atoms with van der Waals surface area (Å²) in [6.07, 6.45) is 2.74. The van der Waals surface area contributed by atoms with Crippen molar-refractivity contribution in [3.63, 3.8) is 0 Å². The van der Waals surface area contributed by atoms with Gasteiger partial charge in [-0.05, 0) is 18.6 Å². The minimum atomic E-state index is -0.347. The van der Waals surface area contributed by atoms with Crippen LogP contribution >= 0.6 is 0 Å². The van der Waals surface area contributed by atoms with Crippen molar-refractivity contribution < 1.29 is 14.4 Å². The van der Waals surface area contributed by atoms with Crippen molar-refractivity contribution >= 4 is 16.6 Å². The number of nitrogens with zero attached hydrogens (tertiary/aromatic N) is 2. The standard InChI is InChI=1S/C14H18N2O4/c1-19-10-11-20-9-3-7-15-8-6-12-13(15)4-2-5-14(12)16(17)18/h2,4-6,8H,3,7,9-11H2,1H3. The largest absolute Gasteiger partial charge is 0.382 e. The smallest absolute Gasteiger partial charge is 0.278 e. The molecule has 0 radical (unpaired) electrons. The summed E-state index contributed by atoms with van der Waals surface area (Å²) in [7, 11) is 1.64. The van der Waals surface area contributed by atoms with Gasteiger partial charge in [0.15, 0.2) is 0 Å². The van der Waals surface area contributed by atoms with Gasteiger partial charge in [-0.1, -0.05) is 6.07 Å². The van der Waals surface area contributed by atoms with E-state index in [1.165, 1.54) is 6.07 Å². The van der Waals surface area contributed by atoms with Crippen LogP contribution in [0.4, 0.5) is 5.69 Å². The number of methoxy groups -OCH3 is 1. The third kappa shape index (κ3) is 3.34. The van der Waals surface area contributed by atoms with Crippen LogP contribution in [0.25, 0.3) is 10.9 Å². The Hall–Kier alpha value is -1.92. The number of benzene rings is 1. The Balaban J connectivity index is 1.98. The maximum absolute atomic E-state index is 10.9. The summed E-state index contributed by atoms with van der Waals surface area (Å²) in [5.41, 5.74) is 1.04. The normalized spacial score (nSPS) is 11.1. The quantitative estimate of drug-likeness (QED) is 0.423. The lowest BCUT2D eigenvalue weighted by atomic mass is 10.2. The van der Waals surface area contributed by atoms with Crippen molar-refractivity contribution in [2.75, 3.05) is 26.9 Å². The van der Waals surface area contributed by atoms with Gasteiger partial charge in [0.2, 0.25) is 0 Å². The summed E-state index contributed by atoms with van der Waals surface area (Å²) >= 11 is 0. The lowest BCUT2D eigenvalue weighted by Crippen LogP contribution is -2.05. The van der Waals surface area contributed by atoms with Crippen LogP contribution in [0.15, 0.2) is 30.5 Å². The number of non-ortho nitro benzene ring substituents is 1. The number of rotatable bonds is 8. The average molecular weight is 278 g/mol. The molecule has 2 rings (SSSR count). The van der Waals surface area contributed by atoms with Gasteiger partial charge in [-0.2, -0.15) is 0 Å². The van der Waals surface area contributed by atoms with Crippen molar-refractivity contribution in [1.82, 2.24) is 4.57 Å². The summed E-state index contributed by atoms with van der Waals surface area (Å²) in [6.45, 7) is 2.61. The molecule has 0 aliphatic heterocycles. The molecule has 0 aliphatic rings. The number of aromatic nitrogens is 1. The lowest BCUT2D eigenvalue weighted by Gasteiger charge is -2.06. The fourth-order valence-corrected chi connectivity index (χ4v) is 2.14. The zero-order valence-electron chi connectivity index (χ0n) is 11.4. The Kier molecular flexibility index (Phi) is 5.09. The van der Waals surface area contributed by atoms with Crippen LogP contribution in [-0.2, 0) is 16.0 Å². The van der Waals surface area contributed by atoms with Crippen molar-refractivity contribution in [3.05, 3.63) is 40.6 Å². The Bertz CT molecular complexity index is 580. The minimum Gasteiger partial charge on any atom is -0.382 e. The van der Waals surface area contributed by atoms with Gasteiger partial charge >= 0.3 is 0 Å². The van der Waals surface area contributed by atoms with E-state index in [-0.39, 0.29) is 10.6 Å². The Morgan fingerprint density at radius 1 is 1.25 bits per heavy atom. The van der Waals surface area contributed by atoms with Crippen LogP contribution in [0.2, 0.25) is 0 Å². The second kappa shape index (κ2) is 7.02. The topological polar surface area (TPSA) is 66.5 Å². The van der Waals surface area contributed by atoms with Crippen molar-refractivity contribution in [3.8, 4) is 0 Å². The molecule has 1 aromatic carbocycles. The van der Waals surface area contributed by atoms with E-state index in [1.54, 1.807) is 19.2 Å². The summed E-state index contributed by atoms with van der Waals surface area (Å²) in [5, 5.41) is 11.6. The first kappa shape index (κ1) is 14.5. The molecule has 1 aromatic heterocycles. The fraction of sp³-hybridized carbons (Fsp3) is 0.429. The Morgan fingerprint density at radius 3 is 2.85 bits per heavy atom. The predicted molar refractivity (Wildman–Crippen MR) is 75.9 cm³/mol. The van der Waals surface area contributed by atoms with Gasteiger partial charge in [0.25, 0.3) is 5.69 Å². The maximum Gasteiger partial charge on any atom is 0.278 e. The molecular weight excluding hydrogens is 260 g/mol. The van der Waals surface area contributed by atoms with Gasteiger partial charge < -0.3 is 14.0 Å². The molecule has 0 saturated carbocycles.